The molecule has 0 spiro atoms. The van der Waals surface area contributed by atoms with Gasteiger partial charge in [-0.25, -0.2) is 4.68 Å². The molecular weight excluding hydrogens is 316 g/mol. The normalized spacial score (nSPS) is 10.2. The van der Waals surface area contributed by atoms with Gasteiger partial charge < -0.3 is 5.32 Å². The van der Waals surface area contributed by atoms with Gasteiger partial charge in [-0.05, 0) is 31.0 Å². The van der Waals surface area contributed by atoms with E-state index in [1.165, 1.54) is 0 Å². The molecule has 2 aromatic rings. The van der Waals surface area contributed by atoms with E-state index in [9.17, 15) is 9.59 Å². The Hall–Kier alpha value is -2.65. The van der Waals surface area contributed by atoms with E-state index in [4.69, 9.17) is 16.9 Å². The number of benzene rings is 1. The van der Waals surface area contributed by atoms with Crippen molar-refractivity contribution in [2.75, 3.05) is 0 Å². The van der Waals surface area contributed by atoms with Crippen molar-refractivity contribution in [1.82, 2.24) is 15.1 Å². The van der Waals surface area contributed by atoms with Gasteiger partial charge in [0, 0.05) is 11.6 Å². The Balaban J connectivity index is 2.13. The molecule has 1 amide bonds. The third kappa shape index (κ3) is 3.76. The summed E-state index contributed by atoms with van der Waals surface area (Å²) in [4.78, 5) is 24.1. The molecule has 1 heterocycles. The number of hydrogen-bond acceptors (Lipinski definition) is 4. The summed E-state index contributed by atoms with van der Waals surface area (Å²) in [6, 6.07) is 9.02. The number of nitrogens with one attached hydrogen (secondary N) is 1. The minimum atomic E-state index is -0.566. The lowest BCUT2D eigenvalue weighted by molar-refractivity contribution is -0.122. The summed E-state index contributed by atoms with van der Waals surface area (Å²) in [5.74, 6) is -0.383. The Labute approximate surface area is 138 Å². The topological polar surface area (TPSA) is 87.8 Å². The van der Waals surface area contributed by atoms with E-state index in [1.807, 2.05) is 12.1 Å². The first-order valence-corrected chi connectivity index (χ1v) is 7.30. The fraction of sp³-hybridized carbons (Fsp3) is 0.250. The number of nitriles is 1. The number of nitrogens with zero attached hydrogens (tertiary/aromatic N) is 3. The second-order valence-corrected chi connectivity index (χ2v) is 5.44. The lowest BCUT2D eigenvalue weighted by Gasteiger charge is -2.10. The summed E-state index contributed by atoms with van der Waals surface area (Å²) < 4.78 is 1.00. The smallest absolute Gasteiger partial charge is 0.285 e. The zero-order chi connectivity index (χ0) is 17.0. The van der Waals surface area contributed by atoms with Crippen LogP contribution in [0.5, 0.6) is 0 Å². The molecule has 23 heavy (non-hydrogen) atoms. The maximum Gasteiger partial charge on any atom is 0.285 e. The molecule has 1 aromatic carbocycles. The van der Waals surface area contributed by atoms with Crippen molar-refractivity contribution >= 4 is 17.5 Å². The van der Waals surface area contributed by atoms with Crippen LogP contribution in [0.1, 0.15) is 22.4 Å². The van der Waals surface area contributed by atoms with Gasteiger partial charge in [0.15, 0.2) is 0 Å². The van der Waals surface area contributed by atoms with E-state index in [-0.39, 0.29) is 24.6 Å². The van der Waals surface area contributed by atoms with Crippen molar-refractivity contribution in [3.8, 4) is 6.07 Å². The highest BCUT2D eigenvalue weighted by Gasteiger charge is 2.13. The van der Waals surface area contributed by atoms with Crippen LogP contribution in [0.25, 0.3) is 0 Å². The van der Waals surface area contributed by atoms with Crippen molar-refractivity contribution < 1.29 is 4.79 Å². The van der Waals surface area contributed by atoms with E-state index >= 15 is 0 Å². The number of carbonyl (C=O) groups is 1. The van der Waals surface area contributed by atoms with Crippen molar-refractivity contribution in [1.29, 1.82) is 5.26 Å². The van der Waals surface area contributed by atoms with Gasteiger partial charge in [0.1, 0.15) is 18.2 Å². The third-order valence-corrected chi connectivity index (χ3v) is 3.84. The van der Waals surface area contributed by atoms with Gasteiger partial charge in [-0.3, -0.25) is 9.59 Å². The van der Waals surface area contributed by atoms with E-state index in [0.29, 0.717) is 16.3 Å². The van der Waals surface area contributed by atoms with Crippen LogP contribution in [-0.2, 0) is 17.9 Å². The molecule has 0 radical (unpaired) electrons. The molecular formula is C16H15ClN4O2. The third-order valence-electron chi connectivity index (χ3n) is 3.48. The van der Waals surface area contributed by atoms with Gasteiger partial charge in [0.2, 0.25) is 5.91 Å². The Kier molecular flexibility index (Phi) is 5.14. The fourth-order valence-corrected chi connectivity index (χ4v) is 2.24. The molecule has 0 aliphatic heterocycles. The molecule has 2 rings (SSSR count). The van der Waals surface area contributed by atoms with Crippen LogP contribution >= 0.6 is 11.6 Å². The van der Waals surface area contributed by atoms with Crippen LogP contribution in [0.15, 0.2) is 29.1 Å². The molecule has 0 bridgehead atoms. The Morgan fingerprint density at radius 2 is 2.09 bits per heavy atom. The summed E-state index contributed by atoms with van der Waals surface area (Å²) in [7, 11) is 0. The average Bonchev–Trinajstić information content (AvgIpc) is 2.52. The monoisotopic (exact) mass is 330 g/mol. The number of hydrogen-bond donors (Lipinski definition) is 1. The van der Waals surface area contributed by atoms with Crippen LogP contribution in [0.4, 0.5) is 0 Å². The fourth-order valence-electron chi connectivity index (χ4n) is 2.04. The molecule has 0 fully saturated rings. The lowest BCUT2D eigenvalue weighted by Crippen LogP contribution is -2.35. The highest BCUT2D eigenvalue weighted by molar-refractivity contribution is 6.31. The molecule has 7 heteroatoms. The second-order valence-electron chi connectivity index (χ2n) is 5.03. The minimum absolute atomic E-state index is 0.0106. The maximum atomic E-state index is 12.1. The highest BCUT2D eigenvalue weighted by Crippen LogP contribution is 2.14. The molecule has 0 saturated heterocycles. The van der Waals surface area contributed by atoms with Crippen LogP contribution in [-0.4, -0.2) is 15.7 Å². The van der Waals surface area contributed by atoms with Crippen molar-refractivity contribution in [2.24, 2.45) is 0 Å². The van der Waals surface area contributed by atoms with Crippen molar-refractivity contribution in [3.63, 3.8) is 0 Å². The summed E-state index contributed by atoms with van der Waals surface area (Å²) in [5.41, 5.74) is 1.30. The maximum absolute atomic E-state index is 12.1. The number of amides is 1. The van der Waals surface area contributed by atoms with E-state index in [0.717, 1.165) is 10.2 Å². The van der Waals surface area contributed by atoms with E-state index < -0.39 is 5.56 Å². The average molecular weight is 331 g/mol. The first kappa shape index (κ1) is 16.7. The highest BCUT2D eigenvalue weighted by atomic mass is 35.5. The first-order chi connectivity index (χ1) is 10.9. The molecule has 0 unspecified atom stereocenters. The van der Waals surface area contributed by atoms with Crippen LogP contribution in [0, 0.1) is 25.2 Å². The SMILES string of the molecule is Cc1nn(CC(=O)NCc2ccccc2Cl)c(=O)c(C#N)c1C. The zero-order valence-electron chi connectivity index (χ0n) is 12.8. The summed E-state index contributed by atoms with van der Waals surface area (Å²) in [5, 5.41) is 16.4. The lowest BCUT2D eigenvalue weighted by atomic mass is 10.1. The summed E-state index contributed by atoms with van der Waals surface area (Å²) in [6.45, 7) is 3.35. The van der Waals surface area contributed by atoms with E-state index in [1.54, 1.807) is 32.0 Å². The van der Waals surface area contributed by atoms with Gasteiger partial charge >= 0.3 is 0 Å². The van der Waals surface area contributed by atoms with E-state index in [2.05, 4.69) is 10.4 Å². The number of carbonyl (C=O) groups excluding carboxylic acids is 1. The number of halogens is 1. The summed E-state index contributed by atoms with van der Waals surface area (Å²) in [6.07, 6.45) is 0. The Bertz CT molecular complexity index is 852. The first-order valence-electron chi connectivity index (χ1n) is 6.92. The number of aromatic nitrogens is 2. The molecule has 0 saturated carbocycles. The second kappa shape index (κ2) is 7.07. The van der Waals surface area contributed by atoms with Gasteiger partial charge in [-0.1, -0.05) is 29.8 Å². The molecule has 1 N–H and O–H groups in total. The number of rotatable bonds is 4. The van der Waals surface area contributed by atoms with Crippen molar-refractivity contribution in [3.05, 3.63) is 62.0 Å². The zero-order valence-corrected chi connectivity index (χ0v) is 13.5. The standard InChI is InChI=1S/C16H15ClN4O2/c1-10-11(2)20-21(16(23)13(10)7-18)9-15(22)19-8-12-5-3-4-6-14(12)17/h3-6H,8-9H2,1-2H3,(H,19,22). The van der Waals surface area contributed by atoms with Crippen LogP contribution in [0.2, 0.25) is 5.02 Å². The quantitative estimate of drug-likeness (QED) is 0.924. The molecule has 0 aliphatic rings. The van der Waals surface area contributed by atoms with Gasteiger partial charge in [-0.2, -0.15) is 10.4 Å². The number of aryl methyl sites for hydroxylation is 1. The van der Waals surface area contributed by atoms with Gasteiger partial charge in [-0.15, -0.1) is 0 Å². The van der Waals surface area contributed by atoms with Crippen LogP contribution < -0.4 is 10.9 Å². The molecule has 0 atom stereocenters. The molecule has 1 aromatic heterocycles. The van der Waals surface area contributed by atoms with Gasteiger partial charge in [0.05, 0.1) is 5.69 Å². The molecule has 118 valence electrons. The molecule has 0 aliphatic carbocycles. The van der Waals surface area contributed by atoms with Crippen molar-refractivity contribution in [2.45, 2.75) is 26.9 Å². The Morgan fingerprint density at radius 3 is 2.74 bits per heavy atom. The predicted molar refractivity (Wildman–Crippen MR) is 86.0 cm³/mol. The predicted octanol–water partition coefficient (Wildman–Crippen LogP) is 1.70. The largest absolute Gasteiger partial charge is 0.350 e. The van der Waals surface area contributed by atoms with Crippen LogP contribution in [0.3, 0.4) is 0 Å². The minimum Gasteiger partial charge on any atom is -0.350 e. The Morgan fingerprint density at radius 1 is 1.39 bits per heavy atom. The molecule has 6 nitrogen and oxygen atoms in total. The van der Waals surface area contributed by atoms with Gasteiger partial charge in [0.25, 0.3) is 5.56 Å². The summed E-state index contributed by atoms with van der Waals surface area (Å²) >= 11 is 6.02.